The lowest BCUT2D eigenvalue weighted by atomic mass is 10.1. The molecule has 12 heteroatoms. The average Bonchev–Trinajstić information content (AvgIpc) is 3.16. The highest BCUT2D eigenvalue weighted by Crippen LogP contribution is 2.43. The zero-order valence-corrected chi connectivity index (χ0v) is 35.6. The van der Waals surface area contributed by atoms with Crippen LogP contribution in [0.1, 0.15) is 200 Å². The molecule has 0 spiro atoms. The van der Waals surface area contributed by atoms with Crippen LogP contribution in [-0.4, -0.2) is 64.9 Å². The zero-order chi connectivity index (χ0) is 40.7. The van der Waals surface area contributed by atoms with Gasteiger partial charge in [-0.15, -0.1) is 0 Å². The summed E-state index contributed by atoms with van der Waals surface area (Å²) < 4.78 is 26.8. The predicted octanol–water partition coefficient (Wildman–Crippen LogP) is 11.1. The number of phosphoric ester groups is 1. The van der Waals surface area contributed by atoms with Crippen molar-refractivity contribution in [1.29, 1.82) is 0 Å². The Labute approximate surface area is 334 Å². The van der Waals surface area contributed by atoms with Crippen molar-refractivity contribution in [1.82, 2.24) is 5.32 Å². The number of carbonyl (C=O) groups excluding carboxylic acids is 2. The summed E-state index contributed by atoms with van der Waals surface area (Å²) in [6.07, 6.45) is 39.1. The Hall–Kier alpha value is -2.04. The minimum Gasteiger partial charge on any atom is -0.480 e. The summed E-state index contributed by atoms with van der Waals surface area (Å²) in [6, 6.07) is -1.55. The second-order valence-electron chi connectivity index (χ2n) is 14.9. The summed E-state index contributed by atoms with van der Waals surface area (Å²) in [5.74, 6) is -2.39. The molecule has 0 bridgehead atoms. The summed E-state index contributed by atoms with van der Waals surface area (Å²) in [5, 5.41) is 21.8. The molecule has 0 aliphatic rings. The largest absolute Gasteiger partial charge is 0.480 e. The monoisotopic (exact) mass is 802 g/mol. The molecule has 0 radical (unpaired) electrons. The zero-order valence-electron chi connectivity index (χ0n) is 34.7. The van der Waals surface area contributed by atoms with E-state index in [0.717, 1.165) is 77.0 Å². The molecule has 1 amide bonds. The number of esters is 1. The van der Waals surface area contributed by atoms with Crippen LogP contribution < -0.4 is 5.32 Å². The lowest BCUT2D eigenvalue weighted by Crippen LogP contribution is -2.43. The Kier molecular flexibility index (Phi) is 37.4. The molecule has 0 fully saturated rings. The van der Waals surface area contributed by atoms with Crippen LogP contribution in [-0.2, 0) is 32.7 Å². The lowest BCUT2D eigenvalue weighted by molar-refractivity contribution is -0.147. The maximum atomic E-state index is 12.3. The number of aliphatic carboxylic acids is 1. The number of amides is 1. The van der Waals surface area contributed by atoms with Crippen molar-refractivity contribution < 1.29 is 47.8 Å². The van der Waals surface area contributed by atoms with Crippen molar-refractivity contribution in [2.24, 2.45) is 0 Å². The van der Waals surface area contributed by atoms with Gasteiger partial charge in [-0.2, -0.15) is 0 Å². The van der Waals surface area contributed by atoms with E-state index in [2.05, 4.69) is 43.5 Å². The molecule has 4 N–H and O–H groups in total. The third-order valence-corrected chi connectivity index (χ3v) is 10.4. The van der Waals surface area contributed by atoms with Crippen LogP contribution in [0.3, 0.4) is 0 Å². The Bertz CT molecular complexity index is 1040. The fourth-order valence-corrected chi connectivity index (χ4v) is 6.78. The van der Waals surface area contributed by atoms with Crippen molar-refractivity contribution in [3.63, 3.8) is 0 Å². The second kappa shape index (κ2) is 38.8. The number of allylic oxidation sites excluding steroid dienone is 4. The molecule has 0 aliphatic carbocycles. The van der Waals surface area contributed by atoms with Crippen molar-refractivity contribution in [2.75, 3.05) is 19.8 Å². The molecule has 0 aliphatic heterocycles. The molecular formula is C43H80NO10P. The number of phosphoric acid groups is 1. The fraction of sp³-hybridized carbons (Fsp3) is 0.837. The highest BCUT2D eigenvalue weighted by atomic mass is 31.2. The van der Waals surface area contributed by atoms with Crippen LogP contribution >= 0.6 is 7.82 Å². The van der Waals surface area contributed by atoms with Crippen molar-refractivity contribution >= 4 is 25.7 Å². The summed E-state index contributed by atoms with van der Waals surface area (Å²) in [4.78, 5) is 45.9. The van der Waals surface area contributed by atoms with Crippen molar-refractivity contribution in [3.05, 3.63) is 24.3 Å². The molecule has 55 heavy (non-hydrogen) atoms. The Morgan fingerprint density at radius 3 is 1.38 bits per heavy atom. The first kappa shape index (κ1) is 53.0. The molecule has 322 valence electrons. The van der Waals surface area contributed by atoms with Gasteiger partial charge in [0.2, 0.25) is 5.91 Å². The molecule has 0 heterocycles. The minimum atomic E-state index is -4.76. The first-order valence-electron chi connectivity index (χ1n) is 21.9. The molecule has 11 nitrogen and oxygen atoms in total. The highest BCUT2D eigenvalue weighted by molar-refractivity contribution is 7.47. The first-order valence-corrected chi connectivity index (χ1v) is 23.4. The molecule has 0 aromatic rings. The van der Waals surface area contributed by atoms with Gasteiger partial charge in [0.15, 0.2) is 6.04 Å². The van der Waals surface area contributed by atoms with E-state index in [0.29, 0.717) is 12.8 Å². The Balaban J connectivity index is 3.92. The SMILES string of the molecule is CCCCCCCC/C=C\CCCCCCCC(=O)NC(COP(=O)(O)OCC(O)COC(=O)CCCCCCC/C=C\CCCCCCCCC)C(=O)O. The topological polar surface area (TPSA) is 169 Å². The number of carboxylic acids is 1. The molecule has 3 atom stereocenters. The van der Waals surface area contributed by atoms with Gasteiger partial charge >= 0.3 is 19.8 Å². The number of carbonyl (C=O) groups is 3. The number of carboxylic acid groups (broad SMARTS) is 1. The first-order chi connectivity index (χ1) is 26.6. The summed E-state index contributed by atoms with van der Waals surface area (Å²) in [7, 11) is -4.76. The van der Waals surface area contributed by atoms with Crippen LogP contribution in [0.15, 0.2) is 24.3 Å². The normalized spacial score (nSPS) is 14.0. The van der Waals surface area contributed by atoms with Crippen LogP contribution in [0, 0.1) is 0 Å². The van der Waals surface area contributed by atoms with E-state index in [1.807, 2.05) is 0 Å². The molecule has 0 aromatic carbocycles. The third kappa shape index (κ3) is 38.6. The summed E-state index contributed by atoms with van der Waals surface area (Å²) in [5.41, 5.74) is 0. The van der Waals surface area contributed by atoms with E-state index < -0.39 is 57.6 Å². The van der Waals surface area contributed by atoms with E-state index in [1.54, 1.807) is 0 Å². The number of hydrogen-bond donors (Lipinski definition) is 4. The number of aliphatic hydroxyl groups is 1. The quantitative estimate of drug-likeness (QED) is 0.0202. The number of nitrogens with one attached hydrogen (secondary N) is 1. The smallest absolute Gasteiger partial charge is 0.472 e. The van der Waals surface area contributed by atoms with Gasteiger partial charge in [-0.3, -0.25) is 18.6 Å². The Morgan fingerprint density at radius 2 is 0.945 bits per heavy atom. The summed E-state index contributed by atoms with van der Waals surface area (Å²) in [6.45, 7) is 2.57. The standard InChI is InChI=1S/C43H80NO10P/c1-3-5-7-9-11-13-15-17-19-21-23-25-27-29-31-33-35-42(47)52-36-39(45)37-53-55(50,51)54-38-40(43(48)49)44-41(46)34-32-30-28-26-24-22-20-18-16-14-12-10-8-6-4-2/h18-21,39-40,45H,3-17,22-38H2,1-2H3,(H,44,46)(H,48,49)(H,50,51)/b20-18-,21-19-. The van der Waals surface area contributed by atoms with E-state index in [1.165, 1.54) is 83.5 Å². The second-order valence-corrected chi connectivity index (χ2v) is 16.3. The van der Waals surface area contributed by atoms with Crippen molar-refractivity contribution in [3.8, 4) is 0 Å². The maximum absolute atomic E-state index is 12.3. The van der Waals surface area contributed by atoms with E-state index in [9.17, 15) is 34.1 Å². The lowest BCUT2D eigenvalue weighted by Gasteiger charge is -2.18. The molecule has 3 unspecified atom stereocenters. The van der Waals surface area contributed by atoms with E-state index in [4.69, 9.17) is 13.8 Å². The van der Waals surface area contributed by atoms with Gasteiger partial charge < -0.3 is 25.2 Å². The number of unbranched alkanes of at least 4 members (excludes halogenated alkanes) is 23. The van der Waals surface area contributed by atoms with Crippen LogP contribution in [0.4, 0.5) is 0 Å². The molecule has 0 rings (SSSR count). The highest BCUT2D eigenvalue weighted by Gasteiger charge is 2.28. The van der Waals surface area contributed by atoms with Gasteiger partial charge in [0.05, 0.1) is 13.2 Å². The maximum Gasteiger partial charge on any atom is 0.472 e. The van der Waals surface area contributed by atoms with Crippen LogP contribution in [0.5, 0.6) is 0 Å². The van der Waals surface area contributed by atoms with Gasteiger partial charge in [-0.05, 0) is 64.2 Å². The molecule has 0 saturated carbocycles. The molecule has 0 saturated heterocycles. The minimum absolute atomic E-state index is 0.136. The van der Waals surface area contributed by atoms with E-state index in [-0.39, 0.29) is 12.8 Å². The van der Waals surface area contributed by atoms with Gasteiger partial charge in [-0.25, -0.2) is 9.36 Å². The van der Waals surface area contributed by atoms with Crippen molar-refractivity contribution in [2.45, 2.75) is 212 Å². The molecular weight excluding hydrogens is 721 g/mol. The van der Waals surface area contributed by atoms with Gasteiger partial charge in [0, 0.05) is 12.8 Å². The number of hydrogen-bond acceptors (Lipinski definition) is 8. The number of rotatable bonds is 41. The van der Waals surface area contributed by atoms with Crippen LogP contribution in [0.2, 0.25) is 0 Å². The number of ether oxygens (including phenoxy) is 1. The van der Waals surface area contributed by atoms with Gasteiger partial charge in [0.25, 0.3) is 0 Å². The van der Waals surface area contributed by atoms with E-state index >= 15 is 0 Å². The third-order valence-electron chi connectivity index (χ3n) is 9.46. The fourth-order valence-electron chi connectivity index (χ4n) is 6.01. The number of aliphatic hydroxyl groups excluding tert-OH is 1. The van der Waals surface area contributed by atoms with Gasteiger partial charge in [0.1, 0.15) is 12.7 Å². The molecule has 0 aromatic heterocycles. The van der Waals surface area contributed by atoms with Gasteiger partial charge in [-0.1, -0.05) is 147 Å². The predicted molar refractivity (Wildman–Crippen MR) is 222 cm³/mol. The summed E-state index contributed by atoms with van der Waals surface area (Å²) >= 11 is 0. The average molecular weight is 802 g/mol. The van der Waals surface area contributed by atoms with Crippen LogP contribution in [0.25, 0.3) is 0 Å². The Morgan fingerprint density at radius 1 is 0.564 bits per heavy atom.